The van der Waals surface area contributed by atoms with Gasteiger partial charge in [-0.25, -0.2) is 8.42 Å². The van der Waals surface area contributed by atoms with Crippen molar-refractivity contribution in [1.82, 2.24) is 9.62 Å². The Bertz CT molecular complexity index is 731. The number of hydrogen-bond acceptors (Lipinski definition) is 5. The van der Waals surface area contributed by atoms with E-state index in [1.165, 1.54) is 28.6 Å². The van der Waals surface area contributed by atoms with Crippen molar-refractivity contribution in [3.05, 3.63) is 34.4 Å². The molecule has 2 heterocycles. The van der Waals surface area contributed by atoms with Crippen LogP contribution in [0.5, 0.6) is 0 Å². The minimum Gasteiger partial charge on any atom is -0.355 e. The fourth-order valence-corrected chi connectivity index (χ4v) is 4.58. The Morgan fingerprint density at radius 3 is 2.50 bits per heavy atom. The number of rotatable bonds is 3. The van der Waals surface area contributed by atoms with Crippen LogP contribution in [0.1, 0.15) is 12.8 Å². The summed E-state index contributed by atoms with van der Waals surface area (Å²) in [4.78, 5) is 21.5. The van der Waals surface area contributed by atoms with E-state index in [0.29, 0.717) is 32.5 Å². The van der Waals surface area contributed by atoms with E-state index in [9.17, 15) is 23.3 Å². The van der Waals surface area contributed by atoms with E-state index in [4.69, 9.17) is 0 Å². The van der Waals surface area contributed by atoms with Gasteiger partial charge in [-0.2, -0.15) is 4.31 Å². The molecule has 118 valence electrons. The number of hydrogen-bond donors (Lipinski definition) is 1. The van der Waals surface area contributed by atoms with Crippen LogP contribution in [0.3, 0.4) is 0 Å². The van der Waals surface area contributed by atoms with Crippen molar-refractivity contribution in [3.8, 4) is 0 Å². The maximum Gasteiger partial charge on any atom is 0.269 e. The minimum absolute atomic E-state index is 0.0347. The monoisotopic (exact) mass is 325 g/mol. The summed E-state index contributed by atoms with van der Waals surface area (Å²) in [6, 6.07) is 4.85. The second kappa shape index (κ2) is 5.03. The predicted octanol–water partition coefficient (Wildman–Crippen LogP) is 0.496. The third kappa shape index (κ3) is 2.46. The molecule has 2 fully saturated rings. The Hall–Kier alpha value is -2.00. The van der Waals surface area contributed by atoms with Gasteiger partial charge in [0, 0.05) is 43.6 Å². The molecule has 1 N–H and O–H groups in total. The van der Waals surface area contributed by atoms with E-state index in [1.807, 2.05) is 0 Å². The molecular weight excluding hydrogens is 310 g/mol. The SMILES string of the molecule is O=C1CC2(CCN(S(=O)(=O)c3ccc([N+](=O)[O-])cc3)C2)CN1. The Morgan fingerprint density at radius 2 is 1.95 bits per heavy atom. The van der Waals surface area contributed by atoms with Gasteiger partial charge in [-0.05, 0) is 18.6 Å². The predicted molar refractivity (Wildman–Crippen MR) is 76.5 cm³/mol. The molecule has 22 heavy (non-hydrogen) atoms. The summed E-state index contributed by atoms with van der Waals surface area (Å²) in [7, 11) is -3.69. The highest BCUT2D eigenvalue weighted by molar-refractivity contribution is 7.89. The molecule has 9 heteroatoms. The summed E-state index contributed by atoms with van der Waals surface area (Å²) < 4.78 is 26.5. The first-order valence-corrected chi connectivity index (χ1v) is 8.28. The molecule has 1 atom stereocenters. The summed E-state index contributed by atoms with van der Waals surface area (Å²) in [6.07, 6.45) is 0.983. The fourth-order valence-electron chi connectivity index (χ4n) is 3.03. The number of carbonyl (C=O) groups excluding carboxylic acids is 1. The summed E-state index contributed by atoms with van der Waals surface area (Å²) in [5, 5.41) is 13.4. The lowest BCUT2D eigenvalue weighted by Gasteiger charge is -2.21. The normalized spacial score (nSPS) is 25.5. The topological polar surface area (TPSA) is 110 Å². The van der Waals surface area contributed by atoms with Crippen LogP contribution in [0.4, 0.5) is 5.69 Å². The number of nitro groups is 1. The van der Waals surface area contributed by atoms with Gasteiger partial charge in [0.25, 0.3) is 5.69 Å². The summed E-state index contributed by atoms with van der Waals surface area (Å²) >= 11 is 0. The molecule has 2 saturated heterocycles. The zero-order valence-electron chi connectivity index (χ0n) is 11.7. The van der Waals surface area contributed by atoms with Crippen LogP contribution >= 0.6 is 0 Å². The zero-order chi connectivity index (χ0) is 16.0. The average molecular weight is 325 g/mol. The highest BCUT2D eigenvalue weighted by Gasteiger charge is 2.47. The van der Waals surface area contributed by atoms with Crippen molar-refractivity contribution in [2.24, 2.45) is 5.41 Å². The van der Waals surface area contributed by atoms with Gasteiger partial charge in [-0.1, -0.05) is 0 Å². The molecule has 1 aromatic rings. The Morgan fingerprint density at radius 1 is 1.27 bits per heavy atom. The highest BCUT2D eigenvalue weighted by atomic mass is 32.2. The van der Waals surface area contributed by atoms with Gasteiger partial charge in [0.05, 0.1) is 9.82 Å². The molecule has 1 aromatic carbocycles. The van der Waals surface area contributed by atoms with E-state index >= 15 is 0 Å². The molecule has 0 saturated carbocycles. The lowest BCUT2D eigenvalue weighted by molar-refractivity contribution is -0.384. The van der Waals surface area contributed by atoms with Gasteiger partial charge < -0.3 is 5.32 Å². The van der Waals surface area contributed by atoms with E-state index in [1.54, 1.807) is 0 Å². The maximum absolute atomic E-state index is 12.6. The van der Waals surface area contributed by atoms with Crippen molar-refractivity contribution in [1.29, 1.82) is 0 Å². The second-order valence-corrected chi connectivity index (χ2v) is 7.73. The van der Waals surface area contributed by atoms with Crippen molar-refractivity contribution < 1.29 is 18.1 Å². The number of nitrogens with one attached hydrogen (secondary N) is 1. The molecule has 0 radical (unpaired) electrons. The van der Waals surface area contributed by atoms with Gasteiger partial charge in [0.1, 0.15) is 0 Å². The largest absolute Gasteiger partial charge is 0.355 e. The van der Waals surface area contributed by atoms with Crippen LogP contribution in [-0.2, 0) is 14.8 Å². The van der Waals surface area contributed by atoms with Crippen LogP contribution in [0.15, 0.2) is 29.2 Å². The first-order chi connectivity index (χ1) is 10.3. The number of nitrogens with zero attached hydrogens (tertiary/aromatic N) is 2. The van der Waals surface area contributed by atoms with Crippen LogP contribution in [0.2, 0.25) is 0 Å². The van der Waals surface area contributed by atoms with Crippen molar-refractivity contribution >= 4 is 21.6 Å². The molecule has 0 bridgehead atoms. The van der Waals surface area contributed by atoms with Gasteiger partial charge in [-0.3, -0.25) is 14.9 Å². The number of sulfonamides is 1. The summed E-state index contributed by atoms with van der Waals surface area (Å²) in [6.45, 7) is 1.15. The second-order valence-electron chi connectivity index (χ2n) is 5.79. The first kappa shape index (κ1) is 14.9. The van der Waals surface area contributed by atoms with Gasteiger partial charge in [0.15, 0.2) is 0 Å². The molecule has 0 aliphatic carbocycles. The number of benzene rings is 1. The molecule has 2 aliphatic heterocycles. The first-order valence-electron chi connectivity index (χ1n) is 6.84. The molecule has 8 nitrogen and oxygen atoms in total. The van der Waals surface area contributed by atoms with Crippen LogP contribution in [0.25, 0.3) is 0 Å². The van der Waals surface area contributed by atoms with Crippen LogP contribution in [-0.4, -0.2) is 43.2 Å². The van der Waals surface area contributed by atoms with E-state index in [0.717, 1.165) is 0 Å². The fraction of sp³-hybridized carbons (Fsp3) is 0.462. The standard InChI is InChI=1S/C13H15N3O5S/c17-12-7-13(8-14-12)5-6-15(9-13)22(20,21)11-3-1-10(2-4-11)16(18)19/h1-4H,5-9H2,(H,14,17). The van der Waals surface area contributed by atoms with E-state index < -0.39 is 14.9 Å². The molecule has 1 spiro atoms. The average Bonchev–Trinajstić information content (AvgIpc) is 3.06. The quantitative estimate of drug-likeness (QED) is 0.642. The Balaban J connectivity index is 1.82. The third-order valence-corrected chi connectivity index (χ3v) is 6.14. The number of carbonyl (C=O) groups is 1. The summed E-state index contributed by atoms with van der Waals surface area (Å²) in [5.74, 6) is -0.0467. The third-order valence-electron chi connectivity index (χ3n) is 4.28. The molecular formula is C13H15N3O5S. The molecule has 1 amide bonds. The lowest BCUT2D eigenvalue weighted by Crippen LogP contribution is -2.33. The van der Waals surface area contributed by atoms with Crippen molar-refractivity contribution in [2.75, 3.05) is 19.6 Å². The Labute approximate surface area is 127 Å². The number of nitro benzene ring substituents is 1. The van der Waals surface area contributed by atoms with Crippen molar-refractivity contribution in [3.63, 3.8) is 0 Å². The summed E-state index contributed by atoms with van der Waals surface area (Å²) in [5.41, 5.74) is -0.465. The van der Waals surface area contributed by atoms with Gasteiger partial charge in [0.2, 0.25) is 15.9 Å². The molecule has 0 aromatic heterocycles. The van der Waals surface area contributed by atoms with Crippen LogP contribution in [0, 0.1) is 15.5 Å². The maximum atomic E-state index is 12.6. The van der Waals surface area contributed by atoms with Gasteiger partial charge in [-0.15, -0.1) is 0 Å². The number of amides is 1. The smallest absolute Gasteiger partial charge is 0.269 e. The lowest BCUT2D eigenvalue weighted by atomic mass is 9.86. The van der Waals surface area contributed by atoms with E-state index in [2.05, 4.69) is 5.32 Å². The van der Waals surface area contributed by atoms with E-state index in [-0.39, 0.29) is 21.9 Å². The molecule has 1 unspecified atom stereocenters. The van der Waals surface area contributed by atoms with Crippen molar-refractivity contribution in [2.45, 2.75) is 17.7 Å². The molecule has 2 aliphatic rings. The Kier molecular flexibility index (Phi) is 3.41. The number of non-ortho nitro benzene ring substituents is 1. The minimum atomic E-state index is -3.69. The zero-order valence-corrected chi connectivity index (χ0v) is 12.5. The molecule has 3 rings (SSSR count). The van der Waals surface area contributed by atoms with Gasteiger partial charge >= 0.3 is 0 Å². The van der Waals surface area contributed by atoms with Crippen LogP contribution < -0.4 is 5.32 Å². The highest BCUT2D eigenvalue weighted by Crippen LogP contribution is 2.38.